The Kier molecular flexibility index (Phi) is 2.46. The maximum Gasteiger partial charge on any atom is 0.165 e. The van der Waals surface area contributed by atoms with Crippen molar-refractivity contribution in [1.29, 1.82) is 0 Å². The van der Waals surface area contributed by atoms with Crippen molar-refractivity contribution in [1.82, 2.24) is 0 Å². The Morgan fingerprint density at radius 1 is 1.29 bits per heavy atom. The zero-order chi connectivity index (χ0) is 10.1. The Balaban J connectivity index is 2.45. The number of benzene rings is 1. The Morgan fingerprint density at radius 2 is 2.00 bits per heavy atom. The van der Waals surface area contributed by atoms with E-state index >= 15 is 0 Å². The fourth-order valence-electron chi connectivity index (χ4n) is 2.55. The van der Waals surface area contributed by atoms with Gasteiger partial charge in [-0.15, -0.1) is 0 Å². The highest BCUT2D eigenvalue weighted by Crippen LogP contribution is 2.28. The van der Waals surface area contributed by atoms with Gasteiger partial charge in [0.2, 0.25) is 0 Å². The monoisotopic (exact) mass is 191 g/mol. The molecule has 2 unspecified atom stereocenters. The molecule has 0 fully saturated rings. The van der Waals surface area contributed by atoms with Crippen molar-refractivity contribution in [3.63, 3.8) is 0 Å². The van der Waals surface area contributed by atoms with Crippen LogP contribution in [0.1, 0.15) is 20.8 Å². The number of anilines is 1. The van der Waals surface area contributed by atoms with Crippen LogP contribution in [0.5, 0.6) is 0 Å². The zero-order valence-corrected chi connectivity index (χ0v) is 9.25. The number of fused-ring (bicyclic) bond motifs is 1. The van der Waals surface area contributed by atoms with Crippen LogP contribution in [0.15, 0.2) is 24.3 Å². The van der Waals surface area contributed by atoms with E-state index < -0.39 is 0 Å². The van der Waals surface area contributed by atoms with E-state index in [0.717, 1.165) is 13.1 Å². The lowest BCUT2D eigenvalue weighted by Crippen LogP contribution is -3.10. The summed E-state index contributed by atoms with van der Waals surface area (Å²) in [5, 5.41) is 0. The van der Waals surface area contributed by atoms with Gasteiger partial charge in [-0.2, -0.15) is 0 Å². The first-order valence-electron chi connectivity index (χ1n) is 5.51. The van der Waals surface area contributed by atoms with Crippen LogP contribution >= 0.6 is 0 Å². The van der Waals surface area contributed by atoms with Crippen LogP contribution < -0.4 is 9.80 Å². The minimum Gasteiger partial charge on any atom is -0.318 e. The van der Waals surface area contributed by atoms with Crippen molar-refractivity contribution >= 4 is 11.4 Å². The highest BCUT2D eigenvalue weighted by Gasteiger charge is 2.35. The molecule has 0 radical (unpaired) electrons. The predicted molar refractivity (Wildman–Crippen MR) is 60.1 cm³/mol. The topological polar surface area (TPSA) is 7.68 Å². The summed E-state index contributed by atoms with van der Waals surface area (Å²) in [7, 11) is 0. The molecule has 0 spiro atoms. The molecule has 2 heteroatoms. The van der Waals surface area contributed by atoms with E-state index in [1.54, 1.807) is 4.90 Å². The zero-order valence-electron chi connectivity index (χ0n) is 9.25. The second-order valence-corrected chi connectivity index (χ2v) is 3.86. The maximum atomic E-state index is 2.48. The van der Waals surface area contributed by atoms with Gasteiger partial charge in [-0.25, -0.2) is 0 Å². The van der Waals surface area contributed by atoms with Gasteiger partial charge in [-0.1, -0.05) is 12.1 Å². The number of hydrogen-bond donors (Lipinski definition) is 1. The molecule has 76 valence electrons. The van der Waals surface area contributed by atoms with Crippen molar-refractivity contribution in [3.05, 3.63) is 24.3 Å². The number of nitrogens with zero attached hydrogens (tertiary/aromatic N) is 1. The molecule has 0 saturated carbocycles. The van der Waals surface area contributed by atoms with E-state index in [2.05, 4.69) is 49.9 Å². The molecule has 14 heavy (non-hydrogen) atoms. The molecular weight excluding hydrogens is 172 g/mol. The summed E-state index contributed by atoms with van der Waals surface area (Å²) in [5.41, 5.74) is 2.88. The SMILES string of the molecule is CCN1c2ccccc2[NH+](CC)C1C. The minimum atomic E-state index is 0.586. The molecule has 2 rings (SSSR count). The van der Waals surface area contributed by atoms with E-state index in [9.17, 15) is 0 Å². The lowest BCUT2D eigenvalue weighted by molar-refractivity contribution is -0.849. The van der Waals surface area contributed by atoms with Crippen molar-refractivity contribution in [2.24, 2.45) is 0 Å². The molecule has 1 N–H and O–H groups in total. The van der Waals surface area contributed by atoms with Crippen LogP contribution in [0.4, 0.5) is 11.4 Å². The third kappa shape index (κ3) is 1.22. The first-order valence-corrected chi connectivity index (χ1v) is 5.51. The summed E-state index contributed by atoms with van der Waals surface area (Å²) in [4.78, 5) is 4.07. The second kappa shape index (κ2) is 3.62. The molecule has 0 saturated heterocycles. The highest BCUT2D eigenvalue weighted by atomic mass is 15.4. The van der Waals surface area contributed by atoms with Gasteiger partial charge in [0.25, 0.3) is 0 Å². The van der Waals surface area contributed by atoms with Gasteiger partial charge in [0.05, 0.1) is 6.54 Å². The van der Waals surface area contributed by atoms with Crippen LogP contribution in [0.2, 0.25) is 0 Å². The summed E-state index contributed by atoms with van der Waals surface area (Å²) in [6, 6.07) is 8.76. The van der Waals surface area contributed by atoms with Crippen LogP contribution in [0.25, 0.3) is 0 Å². The van der Waals surface area contributed by atoms with Gasteiger partial charge >= 0.3 is 0 Å². The number of rotatable bonds is 2. The van der Waals surface area contributed by atoms with E-state index in [-0.39, 0.29) is 0 Å². The Hall–Kier alpha value is -1.02. The van der Waals surface area contributed by atoms with Crippen LogP contribution in [-0.4, -0.2) is 19.3 Å². The summed E-state index contributed by atoms with van der Waals surface area (Å²) in [6.45, 7) is 9.05. The normalized spacial score (nSPS) is 25.2. The average molecular weight is 191 g/mol. The van der Waals surface area contributed by atoms with Crippen LogP contribution in [0.3, 0.4) is 0 Å². The Labute approximate surface area is 86.1 Å². The number of para-hydroxylation sites is 2. The van der Waals surface area contributed by atoms with Crippen molar-refractivity contribution in [3.8, 4) is 0 Å². The predicted octanol–water partition coefficient (Wildman–Crippen LogP) is 1.41. The minimum absolute atomic E-state index is 0.586. The smallest absolute Gasteiger partial charge is 0.165 e. The summed E-state index contributed by atoms with van der Waals surface area (Å²) in [5.74, 6) is 0. The quantitative estimate of drug-likeness (QED) is 0.742. The molecule has 2 nitrogen and oxygen atoms in total. The van der Waals surface area contributed by atoms with Gasteiger partial charge in [-0.05, 0) is 19.9 Å². The number of hydrogen-bond acceptors (Lipinski definition) is 1. The summed E-state index contributed by atoms with van der Waals surface area (Å²) < 4.78 is 0. The second-order valence-electron chi connectivity index (χ2n) is 3.86. The van der Waals surface area contributed by atoms with E-state index in [1.807, 2.05) is 0 Å². The third-order valence-electron chi connectivity index (χ3n) is 3.25. The molecule has 0 amide bonds. The number of nitrogens with one attached hydrogen (secondary N) is 1. The van der Waals surface area contributed by atoms with Crippen molar-refractivity contribution < 1.29 is 4.90 Å². The average Bonchev–Trinajstić information content (AvgIpc) is 2.49. The van der Waals surface area contributed by atoms with Crippen molar-refractivity contribution in [2.45, 2.75) is 26.9 Å². The number of quaternary nitrogens is 1. The van der Waals surface area contributed by atoms with Gasteiger partial charge < -0.3 is 4.90 Å². The molecule has 0 bridgehead atoms. The van der Waals surface area contributed by atoms with E-state index in [0.29, 0.717) is 6.17 Å². The molecule has 0 aromatic heterocycles. The molecular formula is C12H19N2+. The Bertz CT molecular complexity index is 291. The van der Waals surface area contributed by atoms with Gasteiger partial charge in [0, 0.05) is 19.5 Å². The molecule has 1 aromatic rings. The highest BCUT2D eigenvalue weighted by molar-refractivity contribution is 5.65. The summed E-state index contributed by atoms with van der Waals surface area (Å²) in [6.07, 6.45) is 0.586. The van der Waals surface area contributed by atoms with E-state index in [1.165, 1.54) is 11.4 Å². The van der Waals surface area contributed by atoms with E-state index in [4.69, 9.17) is 0 Å². The third-order valence-corrected chi connectivity index (χ3v) is 3.25. The van der Waals surface area contributed by atoms with Crippen LogP contribution in [-0.2, 0) is 0 Å². The van der Waals surface area contributed by atoms with Crippen LogP contribution in [0, 0.1) is 0 Å². The fraction of sp³-hybridized carbons (Fsp3) is 0.500. The lowest BCUT2D eigenvalue weighted by atomic mass is 10.2. The first-order chi connectivity index (χ1) is 6.79. The molecule has 1 aromatic carbocycles. The molecule has 2 atom stereocenters. The molecule has 1 aliphatic heterocycles. The first kappa shape index (κ1) is 9.53. The van der Waals surface area contributed by atoms with Gasteiger partial charge in [-0.3, -0.25) is 4.90 Å². The summed E-state index contributed by atoms with van der Waals surface area (Å²) >= 11 is 0. The largest absolute Gasteiger partial charge is 0.318 e. The molecule has 1 heterocycles. The van der Waals surface area contributed by atoms with Gasteiger partial charge in [0.1, 0.15) is 5.69 Å². The molecule has 1 aliphatic rings. The lowest BCUT2D eigenvalue weighted by Gasteiger charge is -2.23. The molecule has 0 aliphatic carbocycles. The standard InChI is InChI=1S/C12H18N2/c1-4-13-10(3)14(5-2)12-9-7-6-8-11(12)13/h6-10H,4-5H2,1-3H3/p+1. The maximum absolute atomic E-state index is 2.48. The van der Waals surface area contributed by atoms with Crippen molar-refractivity contribution in [2.75, 3.05) is 18.0 Å². The Morgan fingerprint density at radius 3 is 2.64 bits per heavy atom. The fourth-order valence-corrected chi connectivity index (χ4v) is 2.55. The van der Waals surface area contributed by atoms with Gasteiger partial charge in [0.15, 0.2) is 11.9 Å².